The molecule has 3 N–H and O–H groups in total. The van der Waals surface area contributed by atoms with Crippen molar-refractivity contribution >= 4 is 12.0 Å². The molecule has 0 bridgehead atoms. The van der Waals surface area contributed by atoms with Gasteiger partial charge in [-0.05, 0) is 31.9 Å². The Labute approximate surface area is 122 Å². The third kappa shape index (κ3) is 3.24. The fourth-order valence-corrected chi connectivity index (χ4v) is 2.40. The summed E-state index contributed by atoms with van der Waals surface area (Å²) in [5, 5.41) is 11.9. The Balaban J connectivity index is 1.99. The number of urea groups is 1. The largest absolute Gasteiger partial charge is 0.481 e. The maximum atomic E-state index is 12.2. The highest BCUT2D eigenvalue weighted by Gasteiger charge is 2.42. The lowest BCUT2D eigenvalue weighted by Gasteiger charge is -2.23. The van der Waals surface area contributed by atoms with Crippen LogP contribution in [0.15, 0.2) is 23.1 Å². The van der Waals surface area contributed by atoms with Crippen LogP contribution in [-0.4, -0.2) is 40.1 Å². The quantitative estimate of drug-likeness (QED) is 0.771. The first kappa shape index (κ1) is 15.1. The summed E-state index contributed by atoms with van der Waals surface area (Å²) in [6.45, 7) is 4.02. The first-order valence-corrected chi connectivity index (χ1v) is 6.79. The van der Waals surface area contributed by atoms with Crippen molar-refractivity contribution in [3.05, 3.63) is 34.2 Å². The zero-order valence-corrected chi connectivity index (χ0v) is 12.0. The van der Waals surface area contributed by atoms with Crippen molar-refractivity contribution < 1.29 is 14.7 Å². The van der Waals surface area contributed by atoms with Gasteiger partial charge < -0.3 is 20.3 Å². The van der Waals surface area contributed by atoms with E-state index in [1.54, 1.807) is 19.9 Å². The number of carboxylic acids is 1. The van der Waals surface area contributed by atoms with Crippen LogP contribution in [0.4, 0.5) is 4.79 Å². The van der Waals surface area contributed by atoms with Gasteiger partial charge in [0, 0.05) is 25.4 Å². The smallest absolute Gasteiger partial charge is 0.317 e. The summed E-state index contributed by atoms with van der Waals surface area (Å²) < 4.78 is 0. The van der Waals surface area contributed by atoms with Gasteiger partial charge in [-0.2, -0.15) is 0 Å². The van der Waals surface area contributed by atoms with E-state index in [9.17, 15) is 14.4 Å². The minimum absolute atomic E-state index is 0.191. The normalized spacial score (nSPS) is 22.9. The predicted octanol–water partition coefficient (Wildman–Crippen LogP) is 0.942. The van der Waals surface area contributed by atoms with Crippen LogP contribution in [0.5, 0.6) is 0 Å². The molecular formula is C14H19N3O4. The SMILES string of the molecule is CC(NC(=O)N1CCC(C)(C(=O)O)C1)c1cc[nH]c(=O)c1. The van der Waals surface area contributed by atoms with E-state index in [2.05, 4.69) is 10.3 Å². The average molecular weight is 293 g/mol. The monoisotopic (exact) mass is 293 g/mol. The van der Waals surface area contributed by atoms with E-state index in [1.165, 1.54) is 17.2 Å². The van der Waals surface area contributed by atoms with Gasteiger partial charge in [0.05, 0.1) is 11.5 Å². The van der Waals surface area contributed by atoms with Crippen molar-refractivity contribution in [1.29, 1.82) is 0 Å². The second kappa shape index (κ2) is 5.59. The van der Waals surface area contributed by atoms with Gasteiger partial charge >= 0.3 is 12.0 Å². The van der Waals surface area contributed by atoms with Gasteiger partial charge in [0.15, 0.2) is 0 Å². The molecule has 1 aromatic rings. The van der Waals surface area contributed by atoms with Crippen LogP contribution in [-0.2, 0) is 4.79 Å². The maximum absolute atomic E-state index is 12.2. The highest BCUT2D eigenvalue weighted by atomic mass is 16.4. The molecule has 2 heterocycles. The molecule has 1 aliphatic rings. The number of pyridine rings is 1. The lowest BCUT2D eigenvalue weighted by molar-refractivity contribution is -0.146. The Bertz CT molecular complexity index is 612. The molecule has 1 saturated heterocycles. The minimum atomic E-state index is -0.888. The third-order valence-corrected chi connectivity index (χ3v) is 3.92. The number of aromatic nitrogens is 1. The third-order valence-electron chi connectivity index (χ3n) is 3.92. The number of nitrogens with one attached hydrogen (secondary N) is 2. The van der Waals surface area contributed by atoms with E-state index in [1.807, 2.05) is 0 Å². The molecule has 1 fully saturated rings. The molecule has 2 amide bonds. The maximum Gasteiger partial charge on any atom is 0.317 e. The lowest BCUT2D eigenvalue weighted by atomic mass is 9.90. The molecule has 2 unspecified atom stereocenters. The number of nitrogens with zero attached hydrogens (tertiary/aromatic N) is 1. The molecule has 0 saturated carbocycles. The lowest BCUT2D eigenvalue weighted by Crippen LogP contribution is -2.41. The van der Waals surface area contributed by atoms with Crippen molar-refractivity contribution in [1.82, 2.24) is 15.2 Å². The van der Waals surface area contributed by atoms with Crippen LogP contribution in [0.25, 0.3) is 0 Å². The van der Waals surface area contributed by atoms with Gasteiger partial charge in [0.2, 0.25) is 5.56 Å². The van der Waals surface area contributed by atoms with E-state index in [-0.39, 0.29) is 24.2 Å². The van der Waals surface area contributed by atoms with Crippen molar-refractivity contribution in [2.24, 2.45) is 5.41 Å². The molecular weight excluding hydrogens is 274 g/mol. The molecule has 7 heteroatoms. The van der Waals surface area contributed by atoms with Crippen LogP contribution >= 0.6 is 0 Å². The summed E-state index contributed by atoms with van der Waals surface area (Å²) in [4.78, 5) is 38.6. The molecule has 1 aromatic heterocycles. The first-order valence-electron chi connectivity index (χ1n) is 6.79. The standard InChI is InChI=1S/C14H19N3O4/c1-9(10-3-5-15-11(18)7-10)16-13(21)17-6-4-14(2,8-17)12(19)20/h3,5,7,9H,4,6,8H2,1-2H3,(H,15,18)(H,16,21)(H,19,20). The Morgan fingerprint density at radius 1 is 1.52 bits per heavy atom. The average Bonchev–Trinajstić information content (AvgIpc) is 2.83. The molecule has 2 atom stereocenters. The minimum Gasteiger partial charge on any atom is -0.481 e. The van der Waals surface area contributed by atoms with E-state index in [0.717, 1.165) is 0 Å². The number of amides is 2. The van der Waals surface area contributed by atoms with Crippen LogP contribution in [0.1, 0.15) is 31.9 Å². The highest BCUT2D eigenvalue weighted by Crippen LogP contribution is 2.30. The van der Waals surface area contributed by atoms with Gasteiger partial charge in [-0.3, -0.25) is 9.59 Å². The van der Waals surface area contributed by atoms with Gasteiger partial charge in [0.25, 0.3) is 0 Å². The molecule has 114 valence electrons. The molecule has 1 aliphatic heterocycles. The fourth-order valence-electron chi connectivity index (χ4n) is 2.40. The van der Waals surface area contributed by atoms with Crippen LogP contribution < -0.4 is 10.9 Å². The number of likely N-dealkylation sites (tertiary alicyclic amines) is 1. The highest BCUT2D eigenvalue weighted by molar-refractivity contribution is 5.79. The molecule has 0 aromatic carbocycles. The zero-order valence-electron chi connectivity index (χ0n) is 12.0. The van der Waals surface area contributed by atoms with E-state index in [4.69, 9.17) is 5.11 Å². The fraction of sp³-hybridized carbons (Fsp3) is 0.500. The summed E-state index contributed by atoms with van der Waals surface area (Å²) >= 11 is 0. The topological polar surface area (TPSA) is 102 Å². The molecule has 7 nitrogen and oxygen atoms in total. The summed E-state index contributed by atoms with van der Waals surface area (Å²) in [6.07, 6.45) is 1.97. The molecule has 0 spiro atoms. The predicted molar refractivity (Wildman–Crippen MR) is 75.9 cm³/mol. The van der Waals surface area contributed by atoms with Gasteiger partial charge in [-0.25, -0.2) is 4.79 Å². The first-order chi connectivity index (χ1) is 9.82. The van der Waals surface area contributed by atoms with Gasteiger partial charge in [-0.1, -0.05) is 0 Å². The van der Waals surface area contributed by atoms with Crippen molar-refractivity contribution in [3.63, 3.8) is 0 Å². The van der Waals surface area contributed by atoms with Gasteiger partial charge in [0.1, 0.15) is 0 Å². The van der Waals surface area contributed by atoms with Gasteiger partial charge in [-0.15, -0.1) is 0 Å². The number of carboxylic acid groups (broad SMARTS) is 1. The molecule has 0 radical (unpaired) electrons. The van der Waals surface area contributed by atoms with E-state index >= 15 is 0 Å². The molecule has 2 rings (SSSR count). The van der Waals surface area contributed by atoms with Crippen LogP contribution in [0, 0.1) is 5.41 Å². The Morgan fingerprint density at radius 2 is 2.24 bits per heavy atom. The number of H-pyrrole nitrogens is 1. The molecule has 21 heavy (non-hydrogen) atoms. The molecule has 0 aliphatic carbocycles. The van der Waals surface area contributed by atoms with E-state index in [0.29, 0.717) is 18.5 Å². The number of hydrogen-bond donors (Lipinski definition) is 3. The number of carbonyl (C=O) groups excluding carboxylic acids is 1. The summed E-state index contributed by atoms with van der Waals surface area (Å²) in [6, 6.07) is 2.51. The number of aromatic amines is 1. The summed E-state index contributed by atoms with van der Waals surface area (Å²) in [5.41, 5.74) is -0.412. The number of carbonyl (C=O) groups is 2. The Morgan fingerprint density at radius 3 is 2.81 bits per heavy atom. The zero-order chi connectivity index (χ0) is 15.6. The number of aliphatic carboxylic acids is 1. The Hall–Kier alpha value is -2.31. The van der Waals surface area contributed by atoms with Crippen molar-refractivity contribution in [3.8, 4) is 0 Å². The van der Waals surface area contributed by atoms with E-state index < -0.39 is 11.4 Å². The van der Waals surface area contributed by atoms with Crippen molar-refractivity contribution in [2.75, 3.05) is 13.1 Å². The second-order valence-corrected chi connectivity index (χ2v) is 5.69. The Kier molecular flexibility index (Phi) is 4.02. The van der Waals surface area contributed by atoms with Crippen LogP contribution in [0.3, 0.4) is 0 Å². The van der Waals surface area contributed by atoms with Crippen LogP contribution in [0.2, 0.25) is 0 Å². The van der Waals surface area contributed by atoms with Crippen molar-refractivity contribution in [2.45, 2.75) is 26.3 Å². The summed E-state index contributed by atoms with van der Waals surface area (Å²) in [7, 11) is 0. The second-order valence-electron chi connectivity index (χ2n) is 5.69. The number of hydrogen-bond acceptors (Lipinski definition) is 3. The summed E-state index contributed by atoms with van der Waals surface area (Å²) in [5.74, 6) is -0.888. The number of rotatable bonds is 3.